The number of rotatable bonds is 6. The SMILES string of the molecule is COCCCn1ccnc1Nc1cc(Cl)ccc1Br. The first-order valence-corrected chi connectivity index (χ1v) is 7.10. The molecule has 0 bridgehead atoms. The first-order valence-electron chi connectivity index (χ1n) is 5.93. The molecule has 4 nitrogen and oxygen atoms in total. The van der Waals surface area contributed by atoms with Gasteiger partial charge in [0.1, 0.15) is 0 Å². The fourth-order valence-electron chi connectivity index (χ4n) is 1.71. The minimum atomic E-state index is 0.684. The topological polar surface area (TPSA) is 39.1 Å². The van der Waals surface area contributed by atoms with Crippen LogP contribution in [0, 0.1) is 0 Å². The van der Waals surface area contributed by atoms with Crippen molar-refractivity contribution in [3.8, 4) is 0 Å². The van der Waals surface area contributed by atoms with Gasteiger partial charge in [-0.3, -0.25) is 0 Å². The van der Waals surface area contributed by atoms with E-state index < -0.39 is 0 Å². The highest BCUT2D eigenvalue weighted by Gasteiger charge is 2.06. The molecule has 0 saturated heterocycles. The molecule has 0 spiro atoms. The van der Waals surface area contributed by atoms with Crippen molar-refractivity contribution in [3.63, 3.8) is 0 Å². The molecule has 1 aromatic carbocycles. The zero-order valence-corrected chi connectivity index (χ0v) is 12.9. The van der Waals surface area contributed by atoms with E-state index in [0.29, 0.717) is 5.02 Å². The van der Waals surface area contributed by atoms with E-state index in [2.05, 4.69) is 26.2 Å². The number of hydrogen-bond acceptors (Lipinski definition) is 3. The van der Waals surface area contributed by atoms with Gasteiger partial charge < -0.3 is 14.6 Å². The molecule has 2 aromatic rings. The summed E-state index contributed by atoms with van der Waals surface area (Å²) in [6.07, 6.45) is 4.66. The monoisotopic (exact) mass is 343 g/mol. The Kier molecular flexibility index (Phi) is 5.24. The molecular formula is C13H15BrClN3O. The van der Waals surface area contributed by atoms with Gasteiger partial charge in [0.05, 0.1) is 5.69 Å². The fourth-order valence-corrected chi connectivity index (χ4v) is 2.22. The number of benzene rings is 1. The number of ether oxygens (including phenoxy) is 1. The summed E-state index contributed by atoms with van der Waals surface area (Å²) >= 11 is 9.48. The summed E-state index contributed by atoms with van der Waals surface area (Å²) in [6.45, 7) is 1.59. The second-order valence-corrected chi connectivity index (χ2v) is 5.33. The lowest BCUT2D eigenvalue weighted by Gasteiger charge is -2.11. The maximum Gasteiger partial charge on any atom is 0.207 e. The molecule has 0 amide bonds. The van der Waals surface area contributed by atoms with Gasteiger partial charge in [-0.2, -0.15) is 0 Å². The third kappa shape index (κ3) is 3.96. The van der Waals surface area contributed by atoms with Crippen LogP contribution in [-0.2, 0) is 11.3 Å². The van der Waals surface area contributed by atoms with Crippen LogP contribution in [0.15, 0.2) is 35.1 Å². The van der Waals surface area contributed by atoms with Crippen molar-refractivity contribution in [2.75, 3.05) is 19.0 Å². The zero-order valence-electron chi connectivity index (χ0n) is 10.6. The highest BCUT2D eigenvalue weighted by molar-refractivity contribution is 9.10. The molecule has 6 heteroatoms. The van der Waals surface area contributed by atoms with E-state index in [9.17, 15) is 0 Å². The third-order valence-corrected chi connectivity index (χ3v) is 3.56. The van der Waals surface area contributed by atoms with E-state index in [4.69, 9.17) is 16.3 Å². The number of aromatic nitrogens is 2. The Morgan fingerprint density at radius 2 is 2.32 bits per heavy atom. The summed E-state index contributed by atoms with van der Waals surface area (Å²) in [5.41, 5.74) is 0.895. The first kappa shape index (κ1) is 14.4. The van der Waals surface area contributed by atoms with Crippen LogP contribution < -0.4 is 5.32 Å². The van der Waals surface area contributed by atoms with Crippen molar-refractivity contribution in [1.82, 2.24) is 9.55 Å². The highest BCUT2D eigenvalue weighted by atomic mass is 79.9. The summed E-state index contributed by atoms with van der Waals surface area (Å²) in [5.74, 6) is 0.791. The largest absolute Gasteiger partial charge is 0.385 e. The van der Waals surface area contributed by atoms with Gasteiger partial charge in [-0.1, -0.05) is 11.6 Å². The van der Waals surface area contributed by atoms with E-state index in [1.165, 1.54) is 0 Å². The van der Waals surface area contributed by atoms with E-state index in [-0.39, 0.29) is 0 Å². The lowest BCUT2D eigenvalue weighted by molar-refractivity contribution is 0.190. The van der Waals surface area contributed by atoms with Gasteiger partial charge in [-0.25, -0.2) is 4.98 Å². The molecule has 0 unspecified atom stereocenters. The van der Waals surface area contributed by atoms with Crippen molar-refractivity contribution in [2.24, 2.45) is 0 Å². The summed E-state index contributed by atoms with van der Waals surface area (Å²) < 4.78 is 8.05. The van der Waals surface area contributed by atoms with Gasteiger partial charge in [0, 0.05) is 42.2 Å². The molecule has 19 heavy (non-hydrogen) atoms. The molecule has 2 rings (SSSR count). The van der Waals surface area contributed by atoms with Gasteiger partial charge in [0.2, 0.25) is 5.95 Å². The number of imidazole rings is 1. The van der Waals surface area contributed by atoms with Crippen LogP contribution in [0.1, 0.15) is 6.42 Å². The van der Waals surface area contributed by atoms with Crippen molar-refractivity contribution < 1.29 is 4.74 Å². The normalized spacial score (nSPS) is 10.7. The van der Waals surface area contributed by atoms with Gasteiger partial charge in [-0.15, -0.1) is 0 Å². The Hall–Kier alpha value is -1.04. The maximum atomic E-state index is 5.99. The molecule has 0 aliphatic carbocycles. The molecule has 1 N–H and O–H groups in total. The Balaban J connectivity index is 2.10. The first-order chi connectivity index (χ1) is 9.20. The Bertz CT molecular complexity index is 544. The van der Waals surface area contributed by atoms with E-state index in [1.54, 1.807) is 13.3 Å². The minimum Gasteiger partial charge on any atom is -0.385 e. The van der Waals surface area contributed by atoms with Crippen molar-refractivity contribution in [1.29, 1.82) is 0 Å². The van der Waals surface area contributed by atoms with Gasteiger partial charge in [-0.05, 0) is 40.5 Å². The van der Waals surface area contributed by atoms with Crippen molar-refractivity contribution >= 4 is 39.2 Å². The highest BCUT2D eigenvalue weighted by Crippen LogP contribution is 2.28. The average molecular weight is 345 g/mol. The van der Waals surface area contributed by atoms with Crippen LogP contribution in [0.2, 0.25) is 5.02 Å². The Labute approximate surface area is 125 Å². The predicted molar refractivity (Wildman–Crippen MR) is 81.2 cm³/mol. The molecular weight excluding hydrogens is 330 g/mol. The molecule has 0 atom stereocenters. The zero-order chi connectivity index (χ0) is 13.7. The molecule has 102 valence electrons. The number of anilines is 2. The number of nitrogens with zero attached hydrogens (tertiary/aromatic N) is 2. The van der Waals surface area contributed by atoms with Crippen LogP contribution >= 0.6 is 27.5 Å². The molecule has 1 heterocycles. The lowest BCUT2D eigenvalue weighted by atomic mass is 10.3. The Morgan fingerprint density at radius 3 is 3.11 bits per heavy atom. The maximum absolute atomic E-state index is 5.99. The minimum absolute atomic E-state index is 0.684. The molecule has 1 aromatic heterocycles. The van der Waals surface area contributed by atoms with Crippen LogP contribution in [-0.4, -0.2) is 23.3 Å². The third-order valence-electron chi connectivity index (χ3n) is 2.64. The fraction of sp³-hybridized carbons (Fsp3) is 0.308. The van der Waals surface area contributed by atoms with E-state index >= 15 is 0 Å². The number of halogens is 2. The average Bonchev–Trinajstić information content (AvgIpc) is 2.82. The predicted octanol–water partition coefficient (Wildman–Crippen LogP) is 4.08. The smallest absolute Gasteiger partial charge is 0.207 e. The summed E-state index contributed by atoms with van der Waals surface area (Å²) in [4.78, 5) is 4.31. The Morgan fingerprint density at radius 1 is 1.47 bits per heavy atom. The van der Waals surface area contributed by atoms with Gasteiger partial charge in [0.15, 0.2) is 0 Å². The molecule has 0 aliphatic rings. The second kappa shape index (κ2) is 6.93. The summed E-state index contributed by atoms with van der Waals surface area (Å²) in [6, 6.07) is 5.60. The van der Waals surface area contributed by atoms with Crippen LogP contribution in [0.5, 0.6) is 0 Å². The van der Waals surface area contributed by atoms with Crippen LogP contribution in [0.4, 0.5) is 11.6 Å². The summed E-state index contributed by atoms with van der Waals surface area (Å²) in [7, 11) is 1.70. The van der Waals surface area contributed by atoms with Gasteiger partial charge >= 0.3 is 0 Å². The number of hydrogen-bond donors (Lipinski definition) is 1. The van der Waals surface area contributed by atoms with Crippen molar-refractivity contribution in [2.45, 2.75) is 13.0 Å². The second-order valence-electron chi connectivity index (χ2n) is 4.04. The standard InChI is InChI=1S/C13H15BrClN3O/c1-19-8-2-6-18-7-5-16-13(18)17-12-9-10(15)3-4-11(12)14/h3-5,7,9H,2,6,8H2,1H3,(H,16,17). The van der Waals surface area contributed by atoms with Gasteiger partial charge in [0.25, 0.3) is 0 Å². The lowest BCUT2D eigenvalue weighted by Crippen LogP contribution is -2.05. The molecule has 0 radical (unpaired) electrons. The number of nitrogens with one attached hydrogen (secondary N) is 1. The summed E-state index contributed by atoms with van der Waals surface area (Å²) in [5, 5.41) is 3.95. The van der Waals surface area contributed by atoms with E-state index in [0.717, 1.165) is 35.7 Å². The van der Waals surface area contributed by atoms with Crippen LogP contribution in [0.25, 0.3) is 0 Å². The molecule has 0 saturated carbocycles. The van der Waals surface area contributed by atoms with E-state index in [1.807, 2.05) is 29.0 Å². The van der Waals surface area contributed by atoms with Crippen molar-refractivity contribution in [3.05, 3.63) is 40.1 Å². The molecule has 0 fully saturated rings. The quantitative estimate of drug-likeness (QED) is 0.803. The van der Waals surface area contributed by atoms with Crippen LogP contribution in [0.3, 0.4) is 0 Å². The molecule has 0 aliphatic heterocycles. The number of aryl methyl sites for hydroxylation is 1. The number of methoxy groups -OCH3 is 1.